The third kappa shape index (κ3) is 4.99. The molecule has 208 valence electrons. The molecular weight excluding hydrogens is 472 g/mol. The van der Waals surface area contributed by atoms with Gasteiger partial charge in [-0.05, 0) is 58.8 Å². The van der Waals surface area contributed by atoms with Crippen LogP contribution in [0.1, 0.15) is 79.1 Å². The summed E-state index contributed by atoms with van der Waals surface area (Å²) in [5, 5.41) is 10.1. The van der Waals surface area contributed by atoms with Crippen molar-refractivity contribution in [2.24, 2.45) is 11.8 Å². The Morgan fingerprint density at radius 1 is 1.24 bits per heavy atom. The number of aliphatic hydroxyl groups is 1. The second-order valence-corrected chi connectivity index (χ2v) is 11.0. The highest BCUT2D eigenvalue weighted by molar-refractivity contribution is 5.98. The van der Waals surface area contributed by atoms with Crippen LogP contribution in [0.4, 0.5) is 0 Å². The number of carbonyl (C=O) groups excluding carboxylic acids is 3. The summed E-state index contributed by atoms with van der Waals surface area (Å²) in [7, 11) is 0. The molecule has 0 aromatic rings. The Kier molecular flexibility index (Phi) is 9.62. The molecule has 3 saturated heterocycles. The zero-order chi connectivity index (χ0) is 27.4. The van der Waals surface area contributed by atoms with E-state index in [0.717, 1.165) is 32.1 Å². The largest absolute Gasteiger partial charge is 0.465 e. The zero-order valence-electron chi connectivity index (χ0n) is 23.1. The Balaban J connectivity index is 2.01. The molecular formula is C29H46N2O6. The van der Waals surface area contributed by atoms with Crippen molar-refractivity contribution in [3.05, 3.63) is 25.3 Å². The maximum atomic E-state index is 14.3. The lowest BCUT2D eigenvalue weighted by atomic mass is 9.65. The van der Waals surface area contributed by atoms with Crippen molar-refractivity contribution in [2.45, 2.75) is 108 Å². The minimum absolute atomic E-state index is 0.0533. The molecule has 2 amide bonds. The fraction of sp³-hybridized carbons (Fsp3) is 0.759. The number of hydrogen-bond acceptors (Lipinski definition) is 6. The lowest BCUT2D eigenvalue weighted by Gasteiger charge is -2.40. The third-order valence-electron chi connectivity index (χ3n) is 8.74. The van der Waals surface area contributed by atoms with Gasteiger partial charge in [0.25, 0.3) is 0 Å². The van der Waals surface area contributed by atoms with Crippen molar-refractivity contribution in [2.75, 3.05) is 19.8 Å². The standard InChI is InChI=1S/C29H46N2O6/c1-7-11-12-13-18-36-27(35)23-22-25(33)31(21(6)19-32)24(29(22)16-15-28(23,10-4)37-29)26(34)30(17-9-3)20(5)14-8-2/h7,9,20-24,32H,1,3,8,10-19H2,2,4-6H3/t20?,21-,22+,23+,24?,28-,29?/m1/s1. The van der Waals surface area contributed by atoms with Gasteiger partial charge in [-0.2, -0.15) is 0 Å². The molecule has 8 nitrogen and oxygen atoms in total. The van der Waals surface area contributed by atoms with Gasteiger partial charge in [0.15, 0.2) is 0 Å². The molecule has 0 saturated carbocycles. The van der Waals surface area contributed by atoms with Crippen LogP contribution in [0.25, 0.3) is 0 Å². The number of amides is 2. The summed E-state index contributed by atoms with van der Waals surface area (Å²) >= 11 is 0. The summed E-state index contributed by atoms with van der Waals surface area (Å²) in [5.41, 5.74) is -1.95. The van der Waals surface area contributed by atoms with E-state index >= 15 is 0 Å². The van der Waals surface area contributed by atoms with E-state index in [1.807, 2.05) is 19.9 Å². The van der Waals surface area contributed by atoms with Crippen LogP contribution in [0.2, 0.25) is 0 Å². The molecule has 3 aliphatic rings. The molecule has 3 heterocycles. The van der Waals surface area contributed by atoms with Crippen LogP contribution >= 0.6 is 0 Å². The summed E-state index contributed by atoms with van der Waals surface area (Å²) < 4.78 is 12.5. The van der Waals surface area contributed by atoms with Crippen molar-refractivity contribution in [1.82, 2.24) is 9.80 Å². The van der Waals surface area contributed by atoms with Gasteiger partial charge >= 0.3 is 5.97 Å². The summed E-state index contributed by atoms with van der Waals surface area (Å²) in [4.78, 5) is 45.2. The fourth-order valence-corrected chi connectivity index (χ4v) is 6.87. The molecule has 37 heavy (non-hydrogen) atoms. The van der Waals surface area contributed by atoms with Crippen LogP contribution < -0.4 is 0 Å². The maximum absolute atomic E-state index is 14.3. The summed E-state index contributed by atoms with van der Waals surface area (Å²) in [6.45, 7) is 15.7. The minimum atomic E-state index is -1.12. The highest BCUT2D eigenvalue weighted by Gasteiger charge is 2.79. The number of carbonyl (C=O) groups is 3. The number of fused-ring (bicyclic) bond motifs is 1. The molecule has 0 aromatic heterocycles. The van der Waals surface area contributed by atoms with Gasteiger partial charge in [-0.3, -0.25) is 14.4 Å². The van der Waals surface area contributed by atoms with Crippen molar-refractivity contribution < 1.29 is 29.0 Å². The van der Waals surface area contributed by atoms with Crippen molar-refractivity contribution >= 4 is 17.8 Å². The average Bonchev–Trinajstić information content (AvgIpc) is 3.50. The summed E-state index contributed by atoms with van der Waals surface area (Å²) in [6.07, 6.45) is 9.34. The van der Waals surface area contributed by atoms with Gasteiger partial charge in [0.2, 0.25) is 11.8 Å². The van der Waals surface area contributed by atoms with Gasteiger partial charge in [0.1, 0.15) is 17.6 Å². The lowest BCUT2D eigenvalue weighted by molar-refractivity contribution is -0.163. The lowest BCUT2D eigenvalue weighted by Crippen LogP contribution is -2.59. The average molecular weight is 519 g/mol. The molecule has 3 rings (SSSR count). The van der Waals surface area contributed by atoms with Gasteiger partial charge in [-0.25, -0.2) is 0 Å². The highest BCUT2D eigenvalue weighted by atomic mass is 16.6. The Hall–Kier alpha value is -2.19. The molecule has 3 aliphatic heterocycles. The molecule has 1 N–H and O–H groups in total. The molecule has 3 fully saturated rings. The topological polar surface area (TPSA) is 96.4 Å². The van der Waals surface area contributed by atoms with Crippen molar-refractivity contribution in [3.63, 3.8) is 0 Å². The van der Waals surface area contributed by atoms with Crippen LogP contribution in [-0.4, -0.2) is 81.8 Å². The normalized spacial score (nSPS) is 31.6. The quantitative estimate of drug-likeness (QED) is 0.202. The number of aliphatic hydroxyl groups excluding tert-OH is 1. The molecule has 2 bridgehead atoms. The van der Waals surface area contributed by atoms with E-state index in [-0.39, 0.29) is 31.1 Å². The maximum Gasteiger partial charge on any atom is 0.312 e. The minimum Gasteiger partial charge on any atom is -0.465 e. The number of allylic oxidation sites excluding steroid dienone is 1. The smallest absolute Gasteiger partial charge is 0.312 e. The molecule has 7 atom stereocenters. The predicted octanol–water partition coefficient (Wildman–Crippen LogP) is 3.62. The number of hydrogen-bond donors (Lipinski definition) is 1. The van der Waals surface area contributed by atoms with Gasteiger partial charge in [0, 0.05) is 12.6 Å². The molecule has 8 heteroatoms. The van der Waals surface area contributed by atoms with Crippen LogP contribution in [0.5, 0.6) is 0 Å². The number of likely N-dealkylation sites (tertiary alicyclic amines) is 1. The summed E-state index contributed by atoms with van der Waals surface area (Å²) in [5.74, 6) is -2.51. The number of esters is 1. The first-order chi connectivity index (χ1) is 17.7. The summed E-state index contributed by atoms with van der Waals surface area (Å²) in [6, 6.07) is -1.56. The Morgan fingerprint density at radius 3 is 2.57 bits per heavy atom. The number of rotatable bonds is 15. The van der Waals surface area contributed by atoms with Gasteiger partial charge < -0.3 is 24.4 Å². The first-order valence-electron chi connectivity index (χ1n) is 14.0. The number of nitrogens with zero attached hydrogens (tertiary/aromatic N) is 2. The fourth-order valence-electron chi connectivity index (χ4n) is 6.87. The zero-order valence-corrected chi connectivity index (χ0v) is 23.1. The molecule has 1 spiro atoms. The van der Waals surface area contributed by atoms with E-state index in [2.05, 4.69) is 20.1 Å². The molecule has 3 unspecified atom stereocenters. The second-order valence-electron chi connectivity index (χ2n) is 11.0. The van der Waals surface area contributed by atoms with E-state index in [1.54, 1.807) is 17.9 Å². The van der Waals surface area contributed by atoms with E-state index in [0.29, 0.717) is 25.8 Å². The second kappa shape index (κ2) is 12.1. The van der Waals surface area contributed by atoms with Crippen molar-refractivity contribution in [3.8, 4) is 0 Å². The van der Waals surface area contributed by atoms with Gasteiger partial charge in [-0.1, -0.05) is 32.4 Å². The number of ether oxygens (including phenoxy) is 2. The van der Waals surface area contributed by atoms with E-state index in [9.17, 15) is 19.5 Å². The third-order valence-corrected chi connectivity index (χ3v) is 8.74. The Labute approximate surface area is 222 Å². The van der Waals surface area contributed by atoms with E-state index in [4.69, 9.17) is 9.47 Å². The Bertz CT molecular complexity index is 876. The van der Waals surface area contributed by atoms with Crippen LogP contribution in [0, 0.1) is 11.8 Å². The monoisotopic (exact) mass is 518 g/mol. The predicted molar refractivity (Wildman–Crippen MR) is 142 cm³/mol. The molecule has 0 aromatic carbocycles. The first-order valence-corrected chi connectivity index (χ1v) is 14.0. The molecule has 0 radical (unpaired) electrons. The van der Waals surface area contributed by atoms with Gasteiger partial charge in [-0.15, -0.1) is 13.2 Å². The van der Waals surface area contributed by atoms with E-state index in [1.165, 1.54) is 4.90 Å². The van der Waals surface area contributed by atoms with E-state index < -0.39 is 41.1 Å². The van der Waals surface area contributed by atoms with Gasteiger partial charge in [0.05, 0.1) is 30.8 Å². The van der Waals surface area contributed by atoms with Crippen molar-refractivity contribution in [1.29, 1.82) is 0 Å². The molecule has 0 aliphatic carbocycles. The van der Waals surface area contributed by atoms with Crippen LogP contribution in [-0.2, 0) is 23.9 Å². The highest BCUT2D eigenvalue weighted by Crippen LogP contribution is 2.64. The van der Waals surface area contributed by atoms with Crippen LogP contribution in [0.15, 0.2) is 25.3 Å². The first kappa shape index (κ1) is 29.4. The number of unbranched alkanes of at least 4 members (excludes halogenated alkanes) is 2. The SMILES string of the molecule is C=CCCCCOC(=O)[C@@H]1[C@H]2C(=O)N([C@H](C)CO)C(C(=O)N(CC=C)C(C)CCC)C23CC[C@@]1(CC)O3. The van der Waals surface area contributed by atoms with Crippen LogP contribution in [0.3, 0.4) is 0 Å². The Morgan fingerprint density at radius 2 is 1.97 bits per heavy atom.